The Kier molecular flexibility index (Phi) is 13.8. The maximum atomic E-state index is 14.3. The summed E-state index contributed by atoms with van der Waals surface area (Å²) in [4.78, 5) is 45.4. The van der Waals surface area contributed by atoms with Crippen LogP contribution in [-0.2, 0) is 28.6 Å². The Morgan fingerprint density at radius 1 is 0.982 bits per heavy atom. The summed E-state index contributed by atoms with van der Waals surface area (Å²) in [6, 6.07) is 0. The standard InChI is InChI=1S/C41H54N2O13/c1-11-16-54-42-18-26-31-36(49)29-28(35(26)48)30-38(24(7)34(29)47)56-41(9,39(30)50)53-17-15-27(52-10)21(4)37(55-25(8)44)23(6)33(46)22(5)32(45)19(2)13-12-14-20(3)40(51)43-31/h12-15,17-19,21-23,27,32-33,37,45-49H,11,16H2,1-10H3,(H,43,51)/b13-12-,17-15-,20-14-,42-18-. The molecule has 9 unspecified atom stereocenters. The van der Waals surface area contributed by atoms with Crippen LogP contribution >= 0.6 is 0 Å². The second kappa shape index (κ2) is 17.8. The normalized spacial score (nSPS) is 31.0. The Bertz CT molecular complexity index is 1950. The second-order valence-corrected chi connectivity index (χ2v) is 14.7. The van der Waals surface area contributed by atoms with Crippen molar-refractivity contribution in [3.63, 3.8) is 0 Å². The van der Waals surface area contributed by atoms with Crippen molar-refractivity contribution in [3.05, 3.63) is 52.8 Å². The van der Waals surface area contributed by atoms with Gasteiger partial charge in [-0.15, -0.1) is 0 Å². The van der Waals surface area contributed by atoms with E-state index < -0.39 is 88.8 Å². The molecule has 0 radical (unpaired) electrons. The number of fused-ring (bicyclic) bond motifs is 14. The first-order valence-electron chi connectivity index (χ1n) is 18.6. The van der Waals surface area contributed by atoms with Crippen LogP contribution in [0.1, 0.15) is 83.3 Å². The fraction of sp³-hybridized carbons (Fsp3) is 0.512. The van der Waals surface area contributed by atoms with Crippen LogP contribution in [0, 0.1) is 30.6 Å². The van der Waals surface area contributed by atoms with Crippen LogP contribution in [0.15, 0.2) is 41.3 Å². The number of allylic oxidation sites excluding steroid dienone is 2. The first-order chi connectivity index (χ1) is 26.3. The molecule has 1 amide bonds. The number of amides is 1. The zero-order chi connectivity index (χ0) is 41.8. The number of Topliss-reactive ketones (excluding diaryl/α,β-unsaturated/α-hetero) is 1. The van der Waals surface area contributed by atoms with Gasteiger partial charge in [0.2, 0.25) is 0 Å². The van der Waals surface area contributed by atoms with Crippen LogP contribution in [0.25, 0.3) is 10.8 Å². The van der Waals surface area contributed by atoms with Crippen LogP contribution in [0.4, 0.5) is 5.69 Å². The molecule has 5 bridgehead atoms. The monoisotopic (exact) mass is 782 g/mol. The number of ether oxygens (including phenoxy) is 4. The summed E-state index contributed by atoms with van der Waals surface area (Å²) in [5, 5.41) is 63.6. The molecule has 306 valence electrons. The molecule has 3 heterocycles. The smallest absolute Gasteiger partial charge is 0.312 e. The van der Waals surface area contributed by atoms with E-state index in [9.17, 15) is 39.9 Å². The molecule has 0 aromatic heterocycles. The van der Waals surface area contributed by atoms with Gasteiger partial charge in [-0.3, -0.25) is 14.4 Å². The highest BCUT2D eigenvalue weighted by Gasteiger charge is 2.50. The topological polar surface area (TPSA) is 223 Å². The first kappa shape index (κ1) is 43.6. The van der Waals surface area contributed by atoms with Crippen LogP contribution in [0.3, 0.4) is 0 Å². The number of anilines is 1. The summed E-state index contributed by atoms with van der Waals surface area (Å²) in [6.45, 7) is 14.5. The number of methoxy groups -OCH3 is 1. The number of aromatic hydroxyl groups is 3. The van der Waals surface area contributed by atoms with Crippen LogP contribution in [0.2, 0.25) is 0 Å². The van der Waals surface area contributed by atoms with Gasteiger partial charge in [-0.1, -0.05) is 58.0 Å². The fourth-order valence-corrected chi connectivity index (χ4v) is 7.11. The summed E-state index contributed by atoms with van der Waals surface area (Å²) >= 11 is 0. The number of ketones is 1. The summed E-state index contributed by atoms with van der Waals surface area (Å²) in [5.74, 6) is -8.59. The second-order valence-electron chi connectivity index (χ2n) is 14.7. The number of hydrogen-bond acceptors (Lipinski definition) is 14. The van der Waals surface area contributed by atoms with E-state index >= 15 is 0 Å². The van der Waals surface area contributed by atoms with Crippen LogP contribution in [0.5, 0.6) is 23.0 Å². The van der Waals surface area contributed by atoms with Crippen molar-refractivity contribution in [3.8, 4) is 23.0 Å². The van der Waals surface area contributed by atoms with Gasteiger partial charge >= 0.3 is 11.8 Å². The Morgan fingerprint density at radius 3 is 2.29 bits per heavy atom. The number of aliphatic hydroxyl groups is 2. The number of oxime groups is 1. The number of aliphatic hydroxyl groups excluding tert-OH is 2. The number of nitrogens with one attached hydrogen (secondary N) is 1. The molecule has 2 aromatic rings. The fourth-order valence-electron chi connectivity index (χ4n) is 7.11. The Balaban J connectivity index is 1.97. The number of benzene rings is 2. The molecule has 15 nitrogen and oxygen atoms in total. The largest absolute Gasteiger partial charge is 0.507 e. The van der Waals surface area contributed by atoms with E-state index in [1.807, 2.05) is 6.92 Å². The summed E-state index contributed by atoms with van der Waals surface area (Å²) in [5.41, 5.74) is -0.591. The van der Waals surface area contributed by atoms with Gasteiger partial charge in [0.1, 0.15) is 30.0 Å². The number of hydrogen-bond donors (Lipinski definition) is 6. The van der Waals surface area contributed by atoms with Crippen molar-refractivity contribution in [2.45, 2.75) is 98.9 Å². The lowest BCUT2D eigenvalue weighted by Crippen LogP contribution is -2.46. The minimum atomic E-state index is -2.05. The van der Waals surface area contributed by atoms with Gasteiger partial charge in [-0.05, 0) is 26.3 Å². The Labute approximate surface area is 326 Å². The van der Waals surface area contributed by atoms with Gasteiger partial charge in [-0.25, -0.2) is 0 Å². The van der Waals surface area contributed by atoms with E-state index in [2.05, 4.69) is 10.5 Å². The maximum Gasteiger partial charge on any atom is 0.312 e. The molecule has 15 heteroatoms. The minimum absolute atomic E-state index is 0.0363. The van der Waals surface area contributed by atoms with Gasteiger partial charge in [0.15, 0.2) is 5.75 Å². The highest BCUT2D eigenvalue weighted by atomic mass is 16.7. The molecule has 0 saturated heterocycles. The lowest BCUT2D eigenvalue weighted by Gasteiger charge is -2.38. The lowest BCUT2D eigenvalue weighted by molar-refractivity contribution is -0.160. The van der Waals surface area contributed by atoms with Crippen LogP contribution in [-0.4, -0.2) is 93.3 Å². The Hall–Kier alpha value is -5.12. The molecule has 6 N–H and O–H groups in total. The van der Waals surface area contributed by atoms with Crippen molar-refractivity contribution in [2.24, 2.45) is 28.8 Å². The van der Waals surface area contributed by atoms with Crippen molar-refractivity contribution in [2.75, 3.05) is 19.0 Å². The molecular weight excluding hydrogens is 728 g/mol. The third kappa shape index (κ3) is 8.49. The van der Waals surface area contributed by atoms with E-state index in [1.54, 1.807) is 39.8 Å². The SMILES string of the molecule is CCCO/N=C\c1c2c(O)c3c(O)c(C)c4c(c3c1O)C(=O)C(C)(O/C=C\C(OC)C(C)C(OC(C)=O)C(C)C(O)C(C)C(O)C(C)/C=C\C=C(\C)C(=O)N2)O4. The zero-order valence-corrected chi connectivity index (χ0v) is 33.4. The molecule has 0 spiro atoms. The minimum Gasteiger partial charge on any atom is -0.507 e. The van der Waals surface area contributed by atoms with Crippen molar-refractivity contribution in [1.82, 2.24) is 0 Å². The number of esters is 1. The summed E-state index contributed by atoms with van der Waals surface area (Å²) in [6.07, 6.45) is 5.13. The molecule has 3 aliphatic heterocycles. The number of rotatable bonds is 6. The quantitative estimate of drug-likeness (QED) is 0.0532. The number of phenolic OH excluding ortho intramolecular Hbond substituents is 3. The number of carbonyl (C=O) groups excluding carboxylic acids is 3. The molecule has 9 atom stereocenters. The van der Waals surface area contributed by atoms with E-state index in [4.69, 9.17) is 23.8 Å². The molecule has 5 rings (SSSR count). The van der Waals surface area contributed by atoms with Gasteiger partial charge in [0.05, 0.1) is 53.0 Å². The third-order valence-electron chi connectivity index (χ3n) is 10.6. The average molecular weight is 783 g/mol. The lowest BCUT2D eigenvalue weighted by atomic mass is 9.78. The highest BCUT2D eigenvalue weighted by molar-refractivity contribution is 6.23. The first-order valence-corrected chi connectivity index (χ1v) is 18.6. The number of nitrogens with zero attached hydrogens (tertiary/aromatic N) is 1. The molecule has 0 fully saturated rings. The van der Waals surface area contributed by atoms with E-state index in [-0.39, 0.29) is 51.1 Å². The van der Waals surface area contributed by atoms with E-state index in [0.29, 0.717) is 6.42 Å². The van der Waals surface area contributed by atoms with Crippen molar-refractivity contribution in [1.29, 1.82) is 0 Å². The zero-order valence-electron chi connectivity index (χ0n) is 33.4. The molecular formula is C41H54N2O13. The van der Waals surface area contributed by atoms with Gasteiger partial charge in [0.25, 0.3) is 11.7 Å². The van der Waals surface area contributed by atoms with Gasteiger partial charge in [-0.2, -0.15) is 0 Å². The molecule has 0 saturated carbocycles. The predicted octanol–water partition coefficient (Wildman–Crippen LogP) is 5.51. The Morgan fingerprint density at radius 2 is 1.66 bits per heavy atom. The molecule has 3 aliphatic rings. The third-order valence-corrected chi connectivity index (χ3v) is 10.6. The molecule has 0 aliphatic carbocycles. The summed E-state index contributed by atoms with van der Waals surface area (Å²) in [7, 11) is 1.43. The number of phenols is 3. The van der Waals surface area contributed by atoms with Gasteiger partial charge in [0, 0.05) is 61.2 Å². The van der Waals surface area contributed by atoms with E-state index in [1.165, 1.54) is 53.2 Å². The molecule has 56 heavy (non-hydrogen) atoms. The average Bonchev–Trinajstić information content (AvgIpc) is 3.42. The maximum absolute atomic E-state index is 14.3. The van der Waals surface area contributed by atoms with Crippen molar-refractivity contribution < 1.29 is 63.7 Å². The van der Waals surface area contributed by atoms with Crippen LogP contribution < -0.4 is 10.1 Å². The molecule has 2 aromatic carbocycles. The number of carbonyl (C=O) groups is 3. The predicted molar refractivity (Wildman–Crippen MR) is 208 cm³/mol. The summed E-state index contributed by atoms with van der Waals surface area (Å²) < 4.78 is 23.4. The van der Waals surface area contributed by atoms with E-state index in [0.717, 1.165) is 6.21 Å². The highest BCUT2D eigenvalue weighted by Crippen LogP contribution is 2.55. The van der Waals surface area contributed by atoms with Crippen molar-refractivity contribution >= 4 is 40.3 Å². The van der Waals surface area contributed by atoms with Gasteiger partial charge < -0.3 is 54.6 Å².